The molecule has 0 spiro atoms. The molecule has 0 atom stereocenters. The van der Waals surface area contributed by atoms with Crippen molar-refractivity contribution < 1.29 is 13.2 Å². The summed E-state index contributed by atoms with van der Waals surface area (Å²) in [7, 11) is -3.49. The van der Waals surface area contributed by atoms with Gasteiger partial charge in [0.15, 0.2) is 0 Å². The minimum Gasteiger partial charge on any atom is -0.324 e. The fraction of sp³-hybridized carbons (Fsp3) is 0.409. The van der Waals surface area contributed by atoms with Gasteiger partial charge in [-0.2, -0.15) is 4.31 Å². The van der Waals surface area contributed by atoms with Gasteiger partial charge in [0.05, 0.1) is 11.4 Å². The molecule has 2 aromatic carbocycles. The smallest absolute Gasteiger partial charge is 0.243 e. The van der Waals surface area contributed by atoms with Crippen LogP contribution in [0.4, 0.5) is 5.69 Å². The molecule has 3 rings (SSSR count). The normalized spacial score (nSPS) is 16.0. The van der Waals surface area contributed by atoms with Gasteiger partial charge in [-0.3, -0.25) is 9.69 Å². The summed E-state index contributed by atoms with van der Waals surface area (Å²) in [4.78, 5) is 14.9. The van der Waals surface area contributed by atoms with Crippen LogP contribution in [0.5, 0.6) is 0 Å². The van der Waals surface area contributed by atoms with Crippen LogP contribution in [0.25, 0.3) is 0 Å². The quantitative estimate of drug-likeness (QED) is 0.788. The summed E-state index contributed by atoms with van der Waals surface area (Å²) in [6, 6.07) is 12.9. The van der Waals surface area contributed by atoms with Gasteiger partial charge < -0.3 is 5.32 Å². The molecule has 156 valence electrons. The minimum atomic E-state index is -3.49. The number of sulfonamides is 1. The number of carbonyl (C=O) groups excluding carboxylic acids is 1. The monoisotopic (exact) mass is 415 g/mol. The number of rotatable bonds is 6. The van der Waals surface area contributed by atoms with Crippen molar-refractivity contribution in [2.75, 3.05) is 38.0 Å². The fourth-order valence-corrected chi connectivity index (χ4v) is 4.99. The van der Waals surface area contributed by atoms with E-state index in [4.69, 9.17) is 0 Å². The maximum Gasteiger partial charge on any atom is 0.243 e. The molecule has 0 bridgehead atoms. The lowest BCUT2D eigenvalue weighted by molar-refractivity contribution is -0.117. The van der Waals surface area contributed by atoms with Gasteiger partial charge >= 0.3 is 0 Å². The molecule has 0 radical (unpaired) electrons. The first-order chi connectivity index (χ1) is 13.8. The highest BCUT2D eigenvalue weighted by Crippen LogP contribution is 2.21. The topological polar surface area (TPSA) is 69.7 Å². The van der Waals surface area contributed by atoms with Gasteiger partial charge in [-0.25, -0.2) is 8.42 Å². The van der Waals surface area contributed by atoms with Crippen LogP contribution in [-0.2, 0) is 21.2 Å². The predicted molar refractivity (Wildman–Crippen MR) is 116 cm³/mol. The predicted octanol–water partition coefficient (Wildman–Crippen LogP) is 2.81. The lowest BCUT2D eigenvalue weighted by atomic mass is 10.1. The number of aryl methyl sites for hydroxylation is 3. The molecular formula is C22H29N3O3S. The van der Waals surface area contributed by atoms with Crippen LogP contribution in [-0.4, -0.2) is 56.3 Å². The summed E-state index contributed by atoms with van der Waals surface area (Å²) in [5.41, 5.74) is 4.08. The third kappa shape index (κ3) is 5.04. The zero-order chi connectivity index (χ0) is 21.0. The second-order valence-corrected chi connectivity index (χ2v) is 9.44. The summed E-state index contributed by atoms with van der Waals surface area (Å²) in [6.07, 6.45) is 0.854. The van der Waals surface area contributed by atoms with Crippen molar-refractivity contribution in [2.24, 2.45) is 0 Å². The van der Waals surface area contributed by atoms with Crippen LogP contribution >= 0.6 is 0 Å². The molecule has 0 unspecified atom stereocenters. The van der Waals surface area contributed by atoms with Crippen LogP contribution < -0.4 is 5.32 Å². The molecule has 0 aromatic heterocycles. The molecule has 29 heavy (non-hydrogen) atoms. The molecule has 1 amide bonds. The van der Waals surface area contributed by atoms with Gasteiger partial charge in [0, 0.05) is 31.9 Å². The first kappa shape index (κ1) is 21.5. The van der Waals surface area contributed by atoms with Crippen LogP contribution in [0.3, 0.4) is 0 Å². The molecule has 1 aliphatic rings. The largest absolute Gasteiger partial charge is 0.324 e. The number of carbonyl (C=O) groups is 1. The standard InChI is InChI=1S/C22H29N3O3S/c1-4-19-7-5-6-18(3)22(19)23-21(26)16-24-12-14-25(15-13-24)29(27,28)20-10-8-17(2)9-11-20/h5-11H,4,12-16H2,1-3H3,(H,23,26). The molecule has 7 heteroatoms. The summed E-state index contributed by atoms with van der Waals surface area (Å²) in [6.45, 7) is 8.08. The van der Waals surface area contributed by atoms with Gasteiger partial charge in [-0.15, -0.1) is 0 Å². The molecule has 1 heterocycles. The minimum absolute atomic E-state index is 0.0659. The Morgan fingerprint density at radius 2 is 1.66 bits per heavy atom. The van der Waals surface area contributed by atoms with Crippen molar-refractivity contribution in [3.8, 4) is 0 Å². The van der Waals surface area contributed by atoms with Crippen molar-refractivity contribution in [2.45, 2.75) is 32.1 Å². The highest BCUT2D eigenvalue weighted by atomic mass is 32.2. The van der Waals surface area contributed by atoms with Gasteiger partial charge in [-0.1, -0.05) is 42.8 Å². The Balaban J connectivity index is 1.57. The zero-order valence-electron chi connectivity index (χ0n) is 17.3. The van der Waals surface area contributed by atoms with Crippen molar-refractivity contribution in [1.82, 2.24) is 9.21 Å². The SMILES string of the molecule is CCc1cccc(C)c1NC(=O)CN1CCN(S(=O)(=O)c2ccc(C)cc2)CC1. The summed E-state index contributed by atoms with van der Waals surface area (Å²) in [5, 5.41) is 3.04. The lowest BCUT2D eigenvalue weighted by Crippen LogP contribution is -2.50. The maximum atomic E-state index is 12.8. The van der Waals surface area contributed by atoms with E-state index in [1.807, 2.05) is 49.1 Å². The Bertz CT molecular complexity index is 963. The van der Waals surface area contributed by atoms with E-state index in [1.54, 1.807) is 12.1 Å². The van der Waals surface area contributed by atoms with E-state index in [9.17, 15) is 13.2 Å². The van der Waals surface area contributed by atoms with Crippen LogP contribution in [0.2, 0.25) is 0 Å². The second-order valence-electron chi connectivity index (χ2n) is 7.50. The van der Waals surface area contributed by atoms with E-state index in [-0.39, 0.29) is 12.5 Å². The maximum absolute atomic E-state index is 12.8. The Labute approximate surface area is 173 Å². The van der Waals surface area contributed by atoms with E-state index in [1.165, 1.54) is 4.31 Å². The average Bonchev–Trinajstić information content (AvgIpc) is 2.70. The highest BCUT2D eigenvalue weighted by molar-refractivity contribution is 7.89. The molecule has 1 aliphatic heterocycles. The fourth-order valence-electron chi connectivity index (χ4n) is 3.57. The van der Waals surface area contributed by atoms with E-state index in [2.05, 4.69) is 12.2 Å². The van der Waals surface area contributed by atoms with Gasteiger partial charge in [0.1, 0.15) is 0 Å². The van der Waals surface area contributed by atoms with Gasteiger partial charge in [0.2, 0.25) is 15.9 Å². The molecule has 0 saturated carbocycles. The third-order valence-corrected chi connectivity index (χ3v) is 7.27. The Hall–Kier alpha value is -2.22. The molecule has 1 fully saturated rings. The third-order valence-electron chi connectivity index (χ3n) is 5.36. The van der Waals surface area contributed by atoms with Crippen LogP contribution in [0.1, 0.15) is 23.6 Å². The lowest BCUT2D eigenvalue weighted by Gasteiger charge is -2.33. The molecule has 6 nitrogen and oxygen atoms in total. The number of hydrogen-bond acceptors (Lipinski definition) is 4. The second kappa shape index (κ2) is 9.07. The number of piperazine rings is 1. The molecule has 0 aliphatic carbocycles. The number of anilines is 1. The molecule has 2 aromatic rings. The summed E-state index contributed by atoms with van der Waals surface area (Å²) in [5.74, 6) is -0.0659. The number of hydrogen-bond donors (Lipinski definition) is 1. The summed E-state index contributed by atoms with van der Waals surface area (Å²) >= 11 is 0. The van der Waals surface area contributed by atoms with Crippen molar-refractivity contribution in [1.29, 1.82) is 0 Å². The molecular weight excluding hydrogens is 386 g/mol. The van der Waals surface area contributed by atoms with Gasteiger partial charge in [0.25, 0.3) is 0 Å². The number of nitrogens with zero attached hydrogens (tertiary/aromatic N) is 2. The Morgan fingerprint density at radius 1 is 1.00 bits per heavy atom. The van der Waals surface area contributed by atoms with E-state index in [0.717, 1.165) is 28.8 Å². The van der Waals surface area contributed by atoms with Crippen LogP contribution in [0, 0.1) is 13.8 Å². The van der Waals surface area contributed by atoms with E-state index < -0.39 is 10.0 Å². The van der Waals surface area contributed by atoms with Crippen molar-refractivity contribution in [3.63, 3.8) is 0 Å². The van der Waals surface area contributed by atoms with E-state index >= 15 is 0 Å². The first-order valence-electron chi connectivity index (χ1n) is 9.98. The average molecular weight is 416 g/mol. The van der Waals surface area contributed by atoms with Crippen molar-refractivity contribution >= 4 is 21.6 Å². The van der Waals surface area contributed by atoms with Crippen molar-refractivity contribution in [3.05, 3.63) is 59.2 Å². The summed E-state index contributed by atoms with van der Waals surface area (Å²) < 4.78 is 27.1. The van der Waals surface area contributed by atoms with Gasteiger partial charge in [-0.05, 0) is 43.5 Å². The highest BCUT2D eigenvalue weighted by Gasteiger charge is 2.29. The molecule has 1 saturated heterocycles. The number of para-hydroxylation sites is 1. The molecule has 1 N–H and O–H groups in total. The first-order valence-corrected chi connectivity index (χ1v) is 11.4. The number of amides is 1. The Kier molecular flexibility index (Phi) is 6.72. The Morgan fingerprint density at radius 3 is 2.28 bits per heavy atom. The van der Waals surface area contributed by atoms with E-state index in [0.29, 0.717) is 31.1 Å². The number of nitrogens with one attached hydrogen (secondary N) is 1. The van der Waals surface area contributed by atoms with Crippen LogP contribution in [0.15, 0.2) is 47.4 Å². The number of benzene rings is 2. The zero-order valence-corrected chi connectivity index (χ0v) is 18.1.